The molecule has 4 heterocycles. The summed E-state index contributed by atoms with van der Waals surface area (Å²) in [5.41, 5.74) is 9.34. The van der Waals surface area contributed by atoms with Crippen molar-refractivity contribution in [1.82, 2.24) is 34.5 Å². The summed E-state index contributed by atoms with van der Waals surface area (Å²) in [7, 11) is -3.33. The molecule has 0 saturated heterocycles. The molecule has 0 spiro atoms. The van der Waals surface area contributed by atoms with Gasteiger partial charge in [-0.05, 0) is 38.3 Å². The molecule has 4 aromatic rings. The summed E-state index contributed by atoms with van der Waals surface area (Å²) in [6.45, 7) is 6.05. The third-order valence-corrected chi connectivity index (χ3v) is 8.15. The lowest BCUT2D eigenvalue weighted by atomic mass is 10.1. The number of rotatable bonds is 9. The summed E-state index contributed by atoms with van der Waals surface area (Å²) in [5.74, 6) is 1.11. The van der Waals surface area contributed by atoms with Gasteiger partial charge < -0.3 is 11.1 Å². The summed E-state index contributed by atoms with van der Waals surface area (Å²) >= 11 is 0. The van der Waals surface area contributed by atoms with Gasteiger partial charge in [-0.3, -0.25) is 14.3 Å². The number of aryl methyl sites for hydroxylation is 2. The van der Waals surface area contributed by atoms with Crippen molar-refractivity contribution in [1.29, 1.82) is 0 Å². The second-order valence-corrected chi connectivity index (χ2v) is 11.5. The number of hydrogen-bond acceptors (Lipinski definition) is 11. The van der Waals surface area contributed by atoms with E-state index in [2.05, 4.69) is 30.2 Å². The van der Waals surface area contributed by atoms with E-state index in [-0.39, 0.29) is 34.5 Å². The van der Waals surface area contributed by atoms with E-state index in [1.165, 1.54) is 12.3 Å². The van der Waals surface area contributed by atoms with Gasteiger partial charge in [-0.25, -0.2) is 33.3 Å². The molecule has 5 rings (SSSR count). The van der Waals surface area contributed by atoms with Crippen LogP contribution in [0.1, 0.15) is 56.1 Å². The van der Waals surface area contributed by atoms with Crippen molar-refractivity contribution < 1.29 is 8.42 Å². The number of hydrogen-bond donors (Lipinski definition) is 2. The van der Waals surface area contributed by atoms with Crippen molar-refractivity contribution in [2.45, 2.75) is 63.9 Å². The molecule has 0 bridgehead atoms. The molecule has 0 radical (unpaired) electrons. The number of nitrogens with one attached hydrogen (secondary N) is 1. The van der Waals surface area contributed by atoms with Crippen LogP contribution in [0.5, 0.6) is 0 Å². The molecule has 1 aliphatic carbocycles. The van der Waals surface area contributed by atoms with Gasteiger partial charge in [0, 0.05) is 18.7 Å². The van der Waals surface area contributed by atoms with Gasteiger partial charge in [0.2, 0.25) is 5.95 Å². The quantitative estimate of drug-likeness (QED) is 0.323. The van der Waals surface area contributed by atoms with E-state index in [1.807, 2.05) is 13.8 Å². The van der Waals surface area contributed by atoms with Crippen LogP contribution in [0, 0.1) is 6.92 Å². The number of nitrogens with two attached hydrogens (primary N) is 1. The van der Waals surface area contributed by atoms with E-state index in [4.69, 9.17) is 10.7 Å². The predicted molar refractivity (Wildman–Crippen MR) is 143 cm³/mol. The zero-order valence-corrected chi connectivity index (χ0v) is 22.3. The largest absolute Gasteiger partial charge is 0.368 e. The highest BCUT2D eigenvalue weighted by molar-refractivity contribution is 7.91. The molecular weight excluding hydrogens is 506 g/mol. The summed E-state index contributed by atoms with van der Waals surface area (Å²) in [4.78, 5) is 40.4. The summed E-state index contributed by atoms with van der Waals surface area (Å²) in [6.07, 6.45) is 5.69. The highest BCUT2D eigenvalue weighted by Crippen LogP contribution is 2.43. The second-order valence-electron chi connectivity index (χ2n) is 9.26. The first-order valence-electron chi connectivity index (χ1n) is 12.5. The Bertz CT molecular complexity index is 1680. The first kappa shape index (κ1) is 25.6. The monoisotopic (exact) mass is 535 g/mol. The van der Waals surface area contributed by atoms with E-state index in [0.29, 0.717) is 47.3 Å². The number of aromatic nitrogens is 7. The minimum Gasteiger partial charge on any atom is -0.368 e. The third-order valence-electron chi connectivity index (χ3n) is 6.43. The zero-order valence-electron chi connectivity index (χ0n) is 21.5. The van der Waals surface area contributed by atoms with Crippen LogP contribution in [0.15, 0.2) is 34.2 Å². The lowest BCUT2D eigenvalue weighted by Crippen LogP contribution is -2.26. The van der Waals surface area contributed by atoms with Crippen LogP contribution in [-0.4, -0.2) is 48.6 Å². The Morgan fingerprint density at radius 1 is 1.08 bits per heavy atom. The predicted octanol–water partition coefficient (Wildman–Crippen LogP) is 2.62. The number of nitrogens with zero attached hydrogens (tertiary/aromatic N) is 7. The normalized spacial score (nSPS) is 13.7. The van der Waals surface area contributed by atoms with Crippen LogP contribution in [0.3, 0.4) is 0 Å². The van der Waals surface area contributed by atoms with Crippen molar-refractivity contribution in [3.63, 3.8) is 0 Å². The smallest absolute Gasteiger partial charge is 0.294 e. The molecule has 0 atom stereocenters. The standard InChI is InChI=1S/C25H29N9O3S/c1-4-10-34-23-18(13-29-21(33-23)19-14(3)30-25(26)32-20(19)15-6-7-15)31-22(24(34)35)28-11-16-8-9-17(12-27-16)38(36,37)5-2/h8-9,12-13,15H,4-7,10-11H2,1-3H3,(H,28,31)(H2,26,30,32). The maximum atomic E-state index is 13.4. The Hall–Kier alpha value is -4.00. The van der Waals surface area contributed by atoms with E-state index >= 15 is 0 Å². The fourth-order valence-electron chi connectivity index (χ4n) is 4.29. The van der Waals surface area contributed by atoms with Crippen molar-refractivity contribution in [2.75, 3.05) is 16.8 Å². The Morgan fingerprint density at radius 3 is 2.53 bits per heavy atom. The van der Waals surface area contributed by atoms with Crippen LogP contribution in [0.25, 0.3) is 22.6 Å². The third kappa shape index (κ3) is 4.93. The Morgan fingerprint density at radius 2 is 1.87 bits per heavy atom. The highest BCUT2D eigenvalue weighted by atomic mass is 32.2. The Balaban J connectivity index is 1.50. The molecular formula is C25H29N9O3S. The van der Waals surface area contributed by atoms with Crippen LogP contribution < -0.4 is 16.6 Å². The second kappa shape index (κ2) is 10.0. The molecule has 12 nitrogen and oxygen atoms in total. The first-order valence-corrected chi connectivity index (χ1v) is 14.2. The fourth-order valence-corrected chi connectivity index (χ4v) is 5.11. The molecule has 0 aromatic carbocycles. The van der Waals surface area contributed by atoms with Gasteiger partial charge in [-0.15, -0.1) is 0 Å². The van der Waals surface area contributed by atoms with Gasteiger partial charge in [0.05, 0.1) is 46.0 Å². The van der Waals surface area contributed by atoms with Crippen molar-refractivity contribution >= 4 is 32.8 Å². The Kier molecular flexibility index (Phi) is 6.78. The average Bonchev–Trinajstić information content (AvgIpc) is 3.75. The average molecular weight is 536 g/mol. The molecule has 13 heteroatoms. The van der Waals surface area contributed by atoms with Crippen molar-refractivity contribution in [3.05, 3.63) is 52.0 Å². The van der Waals surface area contributed by atoms with E-state index < -0.39 is 9.84 Å². The molecule has 4 aromatic heterocycles. The molecule has 3 N–H and O–H groups in total. The SMILES string of the molecule is CCCn1c(=O)c(NCc2ccc(S(=O)(=O)CC)cn2)nc2cnc(-c3c(C)nc(N)nc3C3CC3)nc21. The fraction of sp³-hybridized carbons (Fsp3) is 0.400. The topological polar surface area (TPSA) is 172 Å². The van der Waals surface area contributed by atoms with E-state index in [9.17, 15) is 13.2 Å². The molecule has 0 unspecified atom stereocenters. The minimum absolute atomic E-state index is 0.000851. The Labute approximate surface area is 219 Å². The number of anilines is 2. The van der Waals surface area contributed by atoms with Gasteiger partial charge >= 0.3 is 0 Å². The van der Waals surface area contributed by atoms with Crippen LogP contribution in [-0.2, 0) is 22.9 Å². The molecule has 0 aliphatic heterocycles. The van der Waals surface area contributed by atoms with Gasteiger partial charge in [0.1, 0.15) is 5.52 Å². The lowest BCUT2D eigenvalue weighted by molar-refractivity contribution is 0.596. The van der Waals surface area contributed by atoms with Gasteiger partial charge in [0.25, 0.3) is 5.56 Å². The maximum Gasteiger partial charge on any atom is 0.294 e. The van der Waals surface area contributed by atoms with Gasteiger partial charge in [-0.1, -0.05) is 13.8 Å². The summed E-state index contributed by atoms with van der Waals surface area (Å²) < 4.78 is 25.6. The minimum atomic E-state index is -3.33. The van der Waals surface area contributed by atoms with Crippen LogP contribution in [0.2, 0.25) is 0 Å². The number of pyridine rings is 1. The molecule has 1 aliphatic rings. The highest BCUT2D eigenvalue weighted by Gasteiger charge is 2.31. The molecule has 0 amide bonds. The van der Waals surface area contributed by atoms with Crippen LogP contribution >= 0.6 is 0 Å². The maximum absolute atomic E-state index is 13.4. The molecule has 1 saturated carbocycles. The molecule has 198 valence electrons. The first-order chi connectivity index (χ1) is 18.2. The number of fused-ring (bicyclic) bond motifs is 1. The van der Waals surface area contributed by atoms with Crippen LogP contribution in [0.4, 0.5) is 11.8 Å². The molecule has 38 heavy (non-hydrogen) atoms. The lowest BCUT2D eigenvalue weighted by Gasteiger charge is -2.14. The number of sulfone groups is 1. The van der Waals surface area contributed by atoms with Gasteiger partial charge in [-0.2, -0.15) is 0 Å². The summed E-state index contributed by atoms with van der Waals surface area (Å²) in [6, 6.07) is 3.13. The zero-order chi connectivity index (χ0) is 27.0. The number of nitrogen functional groups attached to an aromatic ring is 1. The van der Waals surface area contributed by atoms with Crippen molar-refractivity contribution in [3.8, 4) is 11.4 Å². The summed E-state index contributed by atoms with van der Waals surface area (Å²) in [5, 5.41) is 3.04. The van der Waals surface area contributed by atoms with E-state index in [1.54, 1.807) is 23.8 Å². The molecule has 1 fully saturated rings. The van der Waals surface area contributed by atoms with Gasteiger partial charge in [0.15, 0.2) is 27.1 Å². The van der Waals surface area contributed by atoms with E-state index in [0.717, 1.165) is 24.1 Å². The van der Waals surface area contributed by atoms with Crippen molar-refractivity contribution in [2.24, 2.45) is 0 Å².